The lowest BCUT2D eigenvalue weighted by molar-refractivity contribution is -0.0910. The normalized spacial score (nSPS) is 30.6. The van der Waals surface area contributed by atoms with Gasteiger partial charge in [-0.1, -0.05) is 32.1 Å². The number of carbonyl (C=O) groups excluding carboxylic acids is 1. The highest BCUT2D eigenvalue weighted by Gasteiger charge is 2.54. The lowest BCUT2D eigenvalue weighted by Crippen LogP contribution is -2.51. The number of carbonyl (C=O) groups is 1. The van der Waals surface area contributed by atoms with Gasteiger partial charge in [-0.3, -0.25) is 0 Å². The van der Waals surface area contributed by atoms with Crippen LogP contribution in [0.3, 0.4) is 0 Å². The van der Waals surface area contributed by atoms with Gasteiger partial charge in [0, 0.05) is 36.9 Å². The van der Waals surface area contributed by atoms with Crippen molar-refractivity contribution in [2.45, 2.75) is 94.5 Å². The van der Waals surface area contributed by atoms with Crippen LogP contribution >= 0.6 is 11.3 Å². The fraction of sp³-hybridized carbons (Fsp3) is 0.657. The third-order valence-electron chi connectivity index (χ3n) is 10.5. The second-order valence-corrected chi connectivity index (χ2v) is 17.8. The number of alkyl carbamates (subject to hydrolysis) is 1. The van der Waals surface area contributed by atoms with Crippen LogP contribution in [-0.4, -0.2) is 92.0 Å². The topological polar surface area (TPSA) is 139 Å². The summed E-state index contributed by atoms with van der Waals surface area (Å²) in [5.74, 6) is -1.22. The van der Waals surface area contributed by atoms with Gasteiger partial charge < -0.3 is 30.0 Å². The smallest absolute Gasteiger partial charge is 0.407 e. The molecule has 1 aromatic heterocycles. The molecule has 50 heavy (non-hydrogen) atoms. The summed E-state index contributed by atoms with van der Waals surface area (Å²) in [6.07, 6.45) is 1.41. The number of sulfonamides is 1. The molecule has 7 rings (SSSR count). The van der Waals surface area contributed by atoms with Crippen molar-refractivity contribution in [3.8, 4) is 0 Å². The number of aromatic nitrogens is 1. The minimum absolute atomic E-state index is 0.0228. The number of hydrogen-bond acceptors (Lipinski definition) is 10. The first-order chi connectivity index (χ1) is 23.8. The average Bonchev–Trinajstić information content (AvgIpc) is 3.42. The number of allylic oxidation sites excluding steroid dienone is 3. The van der Waals surface area contributed by atoms with Gasteiger partial charge in [-0.25, -0.2) is 27.0 Å². The second kappa shape index (κ2) is 14.4. The van der Waals surface area contributed by atoms with Crippen LogP contribution in [0.25, 0.3) is 10.2 Å². The molecule has 1 aromatic carbocycles. The summed E-state index contributed by atoms with van der Waals surface area (Å²) in [4.78, 5) is 18.1. The maximum absolute atomic E-state index is 14.7. The number of alkyl halides is 1. The zero-order valence-electron chi connectivity index (χ0n) is 28.5. The van der Waals surface area contributed by atoms with Crippen molar-refractivity contribution in [2.75, 3.05) is 31.6 Å². The Bertz CT molecular complexity index is 1750. The van der Waals surface area contributed by atoms with Gasteiger partial charge in [0.25, 0.3) is 0 Å². The highest BCUT2D eigenvalue weighted by molar-refractivity contribution is 7.89. The van der Waals surface area contributed by atoms with Gasteiger partial charge in [0.2, 0.25) is 10.0 Å². The van der Waals surface area contributed by atoms with Gasteiger partial charge in [0.1, 0.15) is 18.1 Å². The summed E-state index contributed by atoms with van der Waals surface area (Å²) >= 11 is 1.39. The van der Waals surface area contributed by atoms with E-state index < -0.39 is 52.3 Å². The van der Waals surface area contributed by atoms with E-state index in [1.54, 1.807) is 12.1 Å². The van der Waals surface area contributed by atoms with Crippen molar-refractivity contribution in [2.24, 2.45) is 29.6 Å². The van der Waals surface area contributed by atoms with Crippen molar-refractivity contribution in [3.63, 3.8) is 0 Å². The first-order valence-corrected chi connectivity index (χ1v) is 19.9. The van der Waals surface area contributed by atoms with Crippen molar-refractivity contribution < 1.29 is 41.3 Å². The molecule has 2 saturated carbocycles. The lowest BCUT2D eigenvalue weighted by Gasteiger charge is -2.35. The van der Waals surface area contributed by atoms with Crippen molar-refractivity contribution in [1.82, 2.24) is 14.6 Å². The van der Waals surface area contributed by atoms with Crippen LogP contribution in [0.5, 0.6) is 0 Å². The Hall–Kier alpha value is -2.69. The molecule has 274 valence electrons. The third kappa shape index (κ3) is 7.58. The number of ether oxygens (including phenoxy) is 3. The number of amides is 1. The number of fused-ring (bicyclic) bond motifs is 1. The van der Waals surface area contributed by atoms with Crippen LogP contribution in [0.15, 0.2) is 46.6 Å². The Kier molecular flexibility index (Phi) is 10.3. The quantitative estimate of drug-likeness (QED) is 0.242. The summed E-state index contributed by atoms with van der Waals surface area (Å²) in [7, 11) is -4.13. The molecule has 0 radical (unpaired) electrons. The molecule has 7 unspecified atom stereocenters. The molecule has 2 saturated heterocycles. The molecule has 3 heterocycles. The molecule has 4 fully saturated rings. The lowest BCUT2D eigenvalue weighted by atomic mass is 9.73. The summed E-state index contributed by atoms with van der Waals surface area (Å²) in [6, 6.07) is 4.06. The molecule has 3 N–H and O–H groups in total. The van der Waals surface area contributed by atoms with Gasteiger partial charge >= 0.3 is 6.09 Å². The molecule has 0 bridgehead atoms. The highest BCUT2D eigenvalue weighted by Crippen LogP contribution is 2.48. The Morgan fingerprint density at radius 3 is 2.70 bits per heavy atom. The second-order valence-electron chi connectivity index (χ2n) is 14.9. The van der Waals surface area contributed by atoms with E-state index in [1.807, 2.05) is 13.8 Å². The Labute approximate surface area is 295 Å². The number of benzene rings is 1. The molecule has 11 nitrogen and oxygen atoms in total. The molecule has 2 aromatic rings. The predicted molar refractivity (Wildman–Crippen MR) is 184 cm³/mol. The fourth-order valence-electron chi connectivity index (χ4n) is 7.60. The summed E-state index contributed by atoms with van der Waals surface area (Å²) in [5.41, 5.74) is 0.933. The Morgan fingerprint density at radius 2 is 1.96 bits per heavy atom. The van der Waals surface area contributed by atoms with Crippen molar-refractivity contribution in [3.05, 3.63) is 41.8 Å². The van der Waals surface area contributed by atoms with E-state index in [0.717, 1.165) is 24.4 Å². The van der Waals surface area contributed by atoms with Crippen molar-refractivity contribution in [1.29, 1.82) is 0 Å². The van der Waals surface area contributed by atoms with Gasteiger partial charge in [0.05, 0.1) is 40.5 Å². The maximum atomic E-state index is 14.7. The summed E-state index contributed by atoms with van der Waals surface area (Å²) in [5, 5.41) is 18.5. The molecule has 5 aliphatic rings. The van der Waals surface area contributed by atoms with Crippen LogP contribution < -0.4 is 10.6 Å². The minimum Gasteiger partial charge on any atom is -0.446 e. The Balaban J connectivity index is 1.10. The first kappa shape index (κ1) is 35.7. The SMILES string of the molecule is CC(C)CN(C[C@@H](O)[C@H](CC1=CC(F)C(C)C(F)=C1)NC(=O)OC1CCC2COC3OCC1C23)S(=O)(=O)c1ccc2nc(NC3CC3)sc2c1. The number of nitrogens with one attached hydrogen (secondary N) is 2. The maximum Gasteiger partial charge on any atom is 0.407 e. The number of rotatable bonds is 13. The molecule has 15 heteroatoms. The monoisotopic (exact) mass is 736 g/mol. The van der Waals surface area contributed by atoms with E-state index >= 15 is 0 Å². The highest BCUT2D eigenvalue weighted by atomic mass is 32.2. The number of halogens is 2. The number of aliphatic hydroxyl groups is 1. The zero-order chi connectivity index (χ0) is 35.3. The molecule has 1 amide bonds. The van der Waals surface area contributed by atoms with Gasteiger partial charge in [-0.15, -0.1) is 0 Å². The van der Waals surface area contributed by atoms with E-state index in [9.17, 15) is 27.1 Å². The molecular weight excluding hydrogens is 691 g/mol. The number of anilines is 1. The average molecular weight is 737 g/mol. The number of thiazole rings is 1. The Morgan fingerprint density at radius 1 is 1.18 bits per heavy atom. The van der Waals surface area contributed by atoms with E-state index in [4.69, 9.17) is 14.2 Å². The number of nitrogens with zero attached hydrogens (tertiary/aromatic N) is 2. The molecule has 9 atom stereocenters. The van der Waals surface area contributed by atoms with E-state index in [0.29, 0.717) is 41.8 Å². The van der Waals surface area contributed by atoms with E-state index in [1.165, 1.54) is 40.8 Å². The standard InChI is InChI=1S/C35H46F2N4O7S2/c1-18(2)14-41(50(44,45)23-7-8-27-31(13-23)49-34(39-27)38-22-5-6-22)15-29(42)28(12-20-10-25(36)19(3)26(37)11-20)40-35(43)48-30-9-4-21-16-46-33-32(21)24(30)17-47-33/h7-8,10-11,13,18-19,21-22,24-25,28-30,32-33,42H,4-6,9,12,14-17H2,1-3H3,(H,38,39)(H,40,43)/t19?,21?,24?,25?,28-,29+,30?,32?,33?/m0/s1. The summed E-state index contributed by atoms with van der Waals surface area (Å²) in [6.45, 7) is 5.93. The van der Waals surface area contributed by atoms with Crippen molar-refractivity contribution >= 4 is 42.8 Å². The molecular formula is C35H46F2N4O7S2. The van der Waals surface area contributed by atoms with Gasteiger partial charge in [0.15, 0.2) is 11.4 Å². The number of hydrogen-bond donors (Lipinski definition) is 3. The van der Waals surface area contributed by atoms with Crippen LogP contribution in [0.2, 0.25) is 0 Å². The fourth-order valence-corrected chi connectivity index (χ4v) is 10.3. The van der Waals surface area contributed by atoms with Crippen LogP contribution in [0, 0.1) is 29.6 Å². The summed E-state index contributed by atoms with van der Waals surface area (Å²) < 4.78 is 77.1. The van der Waals surface area contributed by atoms with E-state index in [2.05, 4.69) is 15.6 Å². The van der Waals surface area contributed by atoms with Gasteiger partial charge in [-0.2, -0.15) is 4.31 Å². The number of aliphatic hydroxyl groups excluding tert-OH is 1. The van der Waals surface area contributed by atoms with Gasteiger partial charge in [-0.05, 0) is 79.9 Å². The molecule has 0 spiro atoms. The largest absolute Gasteiger partial charge is 0.446 e. The molecule has 3 aliphatic carbocycles. The zero-order valence-corrected chi connectivity index (χ0v) is 30.1. The van der Waals surface area contributed by atoms with Crippen LogP contribution in [0.1, 0.15) is 52.9 Å². The van der Waals surface area contributed by atoms with E-state index in [-0.39, 0.29) is 54.0 Å². The van der Waals surface area contributed by atoms with Crippen LogP contribution in [0.4, 0.5) is 18.7 Å². The third-order valence-corrected chi connectivity index (χ3v) is 13.3. The predicted octanol–water partition coefficient (Wildman–Crippen LogP) is 5.53. The first-order valence-electron chi connectivity index (χ1n) is 17.6. The van der Waals surface area contributed by atoms with Crippen LogP contribution in [-0.2, 0) is 24.2 Å². The molecule has 2 aliphatic heterocycles. The minimum atomic E-state index is -4.13.